The van der Waals surface area contributed by atoms with Gasteiger partial charge in [-0.15, -0.1) is 0 Å². The molecular formula is C28H26ClFN4O2. The van der Waals surface area contributed by atoms with Crippen LogP contribution < -0.4 is 15.0 Å². The highest BCUT2D eigenvalue weighted by atomic mass is 35.5. The number of nitrogens with one attached hydrogen (secondary N) is 1. The number of aromatic nitrogens is 2. The van der Waals surface area contributed by atoms with E-state index in [1.54, 1.807) is 18.2 Å². The van der Waals surface area contributed by atoms with Crippen LogP contribution in [0.5, 0.6) is 11.8 Å². The number of nitrogens with zero attached hydrogens (tertiary/aromatic N) is 3. The highest BCUT2D eigenvalue weighted by Gasteiger charge is 2.34. The van der Waals surface area contributed by atoms with E-state index in [0.717, 1.165) is 56.0 Å². The van der Waals surface area contributed by atoms with Crippen LogP contribution in [-0.4, -0.2) is 46.4 Å². The van der Waals surface area contributed by atoms with Crippen molar-refractivity contribution in [1.82, 2.24) is 15.3 Å². The number of piperazine rings is 1. The van der Waals surface area contributed by atoms with Crippen molar-refractivity contribution in [3.05, 3.63) is 53.3 Å². The lowest BCUT2D eigenvalue weighted by molar-refractivity contribution is 0.109. The van der Waals surface area contributed by atoms with E-state index in [-0.39, 0.29) is 34.0 Å². The van der Waals surface area contributed by atoms with Crippen LogP contribution in [0.4, 0.5) is 10.2 Å². The third-order valence-electron chi connectivity index (χ3n) is 7.80. The maximum atomic E-state index is 16.5. The maximum Gasteiger partial charge on any atom is 0.319 e. The van der Waals surface area contributed by atoms with Crippen LogP contribution >= 0.6 is 11.6 Å². The minimum atomic E-state index is -0.534. The summed E-state index contributed by atoms with van der Waals surface area (Å²) in [6, 6.07) is 13.5. The molecule has 0 radical (unpaired) electrons. The number of aromatic hydroxyl groups is 1. The molecule has 4 aromatic rings. The molecule has 1 aliphatic carbocycles. The fraction of sp³-hybridized carbons (Fsp3) is 0.357. The molecule has 184 valence electrons. The number of anilines is 1. The number of ether oxygens (including phenoxy) is 1. The van der Waals surface area contributed by atoms with Crippen LogP contribution in [0.15, 0.2) is 42.5 Å². The van der Waals surface area contributed by atoms with Gasteiger partial charge in [-0.2, -0.15) is 9.97 Å². The summed E-state index contributed by atoms with van der Waals surface area (Å²) in [4.78, 5) is 11.6. The Morgan fingerprint density at radius 3 is 2.53 bits per heavy atom. The molecule has 2 bridgehead atoms. The molecule has 2 saturated heterocycles. The molecule has 6 nitrogen and oxygen atoms in total. The molecule has 2 atom stereocenters. The minimum absolute atomic E-state index is 0.0490. The fourth-order valence-corrected chi connectivity index (χ4v) is 6.10. The van der Waals surface area contributed by atoms with E-state index in [1.165, 1.54) is 0 Å². The molecule has 3 heterocycles. The second-order valence-corrected chi connectivity index (χ2v) is 10.6. The van der Waals surface area contributed by atoms with Crippen molar-refractivity contribution in [2.24, 2.45) is 0 Å². The molecule has 3 aliphatic rings. The van der Waals surface area contributed by atoms with Crippen LogP contribution in [0.3, 0.4) is 0 Å². The van der Waals surface area contributed by atoms with Gasteiger partial charge in [0.15, 0.2) is 5.82 Å². The van der Waals surface area contributed by atoms with E-state index in [0.29, 0.717) is 28.9 Å². The van der Waals surface area contributed by atoms with E-state index < -0.39 is 5.82 Å². The Hall–Kier alpha value is -3.16. The molecule has 0 spiro atoms. The van der Waals surface area contributed by atoms with Crippen LogP contribution in [0.2, 0.25) is 5.02 Å². The van der Waals surface area contributed by atoms with Gasteiger partial charge < -0.3 is 20.1 Å². The Morgan fingerprint density at radius 1 is 1.00 bits per heavy atom. The minimum Gasteiger partial charge on any atom is -0.508 e. The highest BCUT2D eigenvalue weighted by molar-refractivity contribution is 6.35. The van der Waals surface area contributed by atoms with E-state index >= 15 is 4.39 Å². The fourth-order valence-electron chi connectivity index (χ4n) is 5.81. The topological polar surface area (TPSA) is 70.5 Å². The molecule has 0 amide bonds. The summed E-state index contributed by atoms with van der Waals surface area (Å²) < 4.78 is 22.5. The molecule has 1 saturated carbocycles. The molecule has 2 N–H and O–H groups in total. The molecule has 3 aromatic carbocycles. The summed E-state index contributed by atoms with van der Waals surface area (Å²) in [6.07, 6.45) is 5.35. The lowest BCUT2D eigenvalue weighted by Crippen LogP contribution is -2.51. The number of hydrogen-bond donors (Lipinski definition) is 2. The summed E-state index contributed by atoms with van der Waals surface area (Å²) >= 11 is 6.79. The Kier molecular flexibility index (Phi) is 5.18. The normalized spacial score (nSPS) is 21.8. The summed E-state index contributed by atoms with van der Waals surface area (Å²) in [5.41, 5.74) is 0.930. The zero-order valence-corrected chi connectivity index (χ0v) is 20.4. The predicted molar refractivity (Wildman–Crippen MR) is 140 cm³/mol. The predicted octanol–water partition coefficient (Wildman–Crippen LogP) is 5.82. The van der Waals surface area contributed by atoms with Crippen LogP contribution in [0.25, 0.3) is 32.8 Å². The van der Waals surface area contributed by atoms with Crippen molar-refractivity contribution in [3.63, 3.8) is 0 Å². The van der Waals surface area contributed by atoms with Crippen molar-refractivity contribution in [1.29, 1.82) is 0 Å². The van der Waals surface area contributed by atoms with Crippen molar-refractivity contribution in [3.8, 4) is 22.9 Å². The first-order chi connectivity index (χ1) is 17.5. The first kappa shape index (κ1) is 22.1. The van der Waals surface area contributed by atoms with Crippen LogP contribution in [0, 0.1) is 5.82 Å². The third-order valence-corrected chi connectivity index (χ3v) is 8.10. The number of hydrogen-bond acceptors (Lipinski definition) is 6. The van der Waals surface area contributed by atoms with Crippen LogP contribution in [0.1, 0.15) is 32.1 Å². The van der Waals surface area contributed by atoms with Gasteiger partial charge in [-0.1, -0.05) is 35.9 Å². The van der Waals surface area contributed by atoms with Crippen LogP contribution in [-0.2, 0) is 0 Å². The summed E-state index contributed by atoms with van der Waals surface area (Å²) in [5.74, 6) is 0.183. The average molecular weight is 505 g/mol. The number of fused-ring (bicyclic) bond motifs is 4. The number of phenolic OH excluding ortho intramolecular Hbond substituents is 1. The lowest BCUT2D eigenvalue weighted by atomic mass is 9.96. The quantitative estimate of drug-likeness (QED) is 0.365. The Labute approximate surface area is 213 Å². The van der Waals surface area contributed by atoms with Crippen molar-refractivity contribution in [2.75, 3.05) is 18.0 Å². The van der Waals surface area contributed by atoms with Gasteiger partial charge in [0, 0.05) is 36.1 Å². The largest absolute Gasteiger partial charge is 0.508 e. The third kappa shape index (κ3) is 3.64. The zero-order valence-electron chi connectivity index (χ0n) is 19.7. The van der Waals surface area contributed by atoms with Gasteiger partial charge in [0.1, 0.15) is 23.2 Å². The van der Waals surface area contributed by atoms with Gasteiger partial charge >= 0.3 is 6.01 Å². The highest BCUT2D eigenvalue weighted by Crippen LogP contribution is 2.43. The van der Waals surface area contributed by atoms with Crippen molar-refractivity contribution < 1.29 is 14.2 Å². The Morgan fingerprint density at radius 2 is 1.78 bits per heavy atom. The summed E-state index contributed by atoms with van der Waals surface area (Å²) in [7, 11) is 0. The number of rotatable bonds is 4. The maximum absolute atomic E-state index is 16.5. The average Bonchev–Trinajstić information content (AvgIpc) is 3.18. The summed E-state index contributed by atoms with van der Waals surface area (Å²) in [6.45, 7) is 1.59. The molecule has 36 heavy (non-hydrogen) atoms. The molecule has 7 rings (SSSR count). The molecule has 1 aromatic heterocycles. The lowest BCUT2D eigenvalue weighted by Gasteiger charge is -2.34. The van der Waals surface area contributed by atoms with Gasteiger partial charge in [-0.3, -0.25) is 0 Å². The number of benzene rings is 3. The molecular weight excluding hydrogens is 479 g/mol. The smallest absolute Gasteiger partial charge is 0.319 e. The van der Waals surface area contributed by atoms with E-state index in [9.17, 15) is 5.11 Å². The molecule has 8 heteroatoms. The molecule has 2 unspecified atom stereocenters. The second kappa shape index (κ2) is 8.46. The van der Waals surface area contributed by atoms with Crippen molar-refractivity contribution >= 4 is 39.1 Å². The second-order valence-electron chi connectivity index (χ2n) is 10.2. The van der Waals surface area contributed by atoms with Gasteiger partial charge in [0.05, 0.1) is 5.02 Å². The Balaban J connectivity index is 1.44. The first-order valence-electron chi connectivity index (χ1n) is 12.6. The SMILES string of the molecule is Oc1cc(-c2c(Cl)cc3c(N4CC5CCC(C4)N5)nc(OC4CCC4)nc3c2F)c2ccccc2c1. The monoisotopic (exact) mass is 504 g/mol. The van der Waals surface area contributed by atoms with Gasteiger partial charge in [-0.05, 0) is 66.6 Å². The number of phenols is 1. The standard InChI is InChI=1S/C28H26ClFN4O2/c29-23-12-22-26(25(30)24(23)21-11-18(35)10-15-4-1-2-7-20(15)21)32-28(36-19-5-3-6-19)33-27(22)34-13-16-8-9-17(14-34)31-16/h1-2,4,7,10-12,16-17,19,31,35H,3,5-6,8-9,13-14H2. The van der Waals surface area contributed by atoms with Crippen molar-refractivity contribution in [2.45, 2.75) is 50.3 Å². The van der Waals surface area contributed by atoms with Gasteiger partial charge in [0.2, 0.25) is 0 Å². The van der Waals surface area contributed by atoms with E-state index in [1.807, 2.05) is 24.3 Å². The van der Waals surface area contributed by atoms with Gasteiger partial charge in [-0.25, -0.2) is 4.39 Å². The van der Waals surface area contributed by atoms with Gasteiger partial charge in [0.25, 0.3) is 0 Å². The molecule has 3 fully saturated rings. The summed E-state index contributed by atoms with van der Waals surface area (Å²) in [5, 5.41) is 16.5. The van der Waals surface area contributed by atoms with E-state index in [4.69, 9.17) is 21.3 Å². The number of halogens is 2. The molecule has 2 aliphatic heterocycles. The first-order valence-corrected chi connectivity index (χ1v) is 13.0. The zero-order chi connectivity index (χ0) is 24.4. The Bertz CT molecular complexity index is 1500. The van der Waals surface area contributed by atoms with E-state index in [2.05, 4.69) is 15.2 Å².